The van der Waals surface area contributed by atoms with Gasteiger partial charge in [0.1, 0.15) is 10.7 Å². The molecule has 0 aromatic carbocycles. The number of aliphatic hydroxyl groups excluding tert-OH is 1. The average molecular weight is 342 g/mol. The molecule has 0 aliphatic carbocycles. The van der Waals surface area contributed by atoms with Crippen LogP contribution in [0.4, 0.5) is 5.82 Å². The Morgan fingerprint density at radius 2 is 2.05 bits per heavy atom. The summed E-state index contributed by atoms with van der Waals surface area (Å²) >= 11 is 7.08. The molecule has 9 heteroatoms. The quantitative estimate of drug-likeness (QED) is 0.511. The zero-order valence-electron chi connectivity index (χ0n) is 12.9. The normalized spacial score (nSPS) is 23.0. The Kier molecular flexibility index (Phi) is 4.88. The molecule has 1 atom stereocenters. The van der Waals surface area contributed by atoms with E-state index in [1.165, 1.54) is 0 Å². The van der Waals surface area contributed by atoms with Crippen molar-refractivity contribution in [3.63, 3.8) is 0 Å². The lowest BCUT2D eigenvalue weighted by molar-refractivity contribution is 0.0686. The molecule has 1 aromatic rings. The number of imidazole rings is 1. The fourth-order valence-corrected chi connectivity index (χ4v) is 3.78. The molecule has 3 N–H and O–H groups in total. The van der Waals surface area contributed by atoms with Crippen LogP contribution in [-0.2, 0) is 0 Å². The number of hydrogen-bond acceptors (Lipinski definition) is 7. The molecule has 0 amide bonds. The maximum atomic E-state index is 10.1. The van der Waals surface area contributed by atoms with Gasteiger partial charge >= 0.3 is 0 Å². The van der Waals surface area contributed by atoms with Crippen LogP contribution in [0, 0.1) is 0 Å². The van der Waals surface area contributed by atoms with E-state index >= 15 is 0 Å². The van der Waals surface area contributed by atoms with Crippen molar-refractivity contribution >= 4 is 34.8 Å². The molecule has 1 fully saturated rings. The van der Waals surface area contributed by atoms with Crippen LogP contribution in [-0.4, -0.2) is 88.8 Å². The smallest absolute Gasteiger partial charge is 0.209 e. The van der Waals surface area contributed by atoms with Crippen LogP contribution < -0.4 is 10.2 Å². The number of aromatic nitrogens is 2. The summed E-state index contributed by atoms with van der Waals surface area (Å²) in [7, 11) is 3.60. The van der Waals surface area contributed by atoms with Crippen molar-refractivity contribution in [1.29, 1.82) is 0 Å². The van der Waals surface area contributed by atoms with E-state index in [9.17, 15) is 5.11 Å². The molecule has 1 unspecified atom stereocenters. The zero-order chi connectivity index (χ0) is 15.7. The Hall–Kier alpha value is -0.870. The van der Waals surface area contributed by atoms with E-state index in [1.807, 2.05) is 7.05 Å². The molecule has 7 nitrogen and oxygen atoms in total. The Morgan fingerprint density at radius 3 is 2.77 bits per heavy atom. The van der Waals surface area contributed by atoms with Gasteiger partial charge in [-0.1, -0.05) is 24.0 Å². The van der Waals surface area contributed by atoms with Crippen LogP contribution >= 0.6 is 24.0 Å². The number of thiocarbonyl (C=S) groups is 1. The highest BCUT2D eigenvalue weighted by Crippen LogP contribution is 2.29. The first kappa shape index (κ1) is 16.0. The molecule has 0 saturated carbocycles. The summed E-state index contributed by atoms with van der Waals surface area (Å²) in [5, 5.41) is 14.3. The molecule has 2 aliphatic heterocycles. The van der Waals surface area contributed by atoms with Gasteiger partial charge in [-0.05, 0) is 0 Å². The number of rotatable bonds is 4. The van der Waals surface area contributed by atoms with Crippen molar-refractivity contribution in [2.45, 2.75) is 11.5 Å². The number of fused-ring (bicyclic) bond motifs is 1. The Balaban J connectivity index is 1.62. The molecule has 0 spiro atoms. The van der Waals surface area contributed by atoms with Crippen LogP contribution in [0.25, 0.3) is 0 Å². The van der Waals surface area contributed by atoms with Gasteiger partial charge in [-0.15, -0.1) is 0 Å². The summed E-state index contributed by atoms with van der Waals surface area (Å²) in [5.41, 5.74) is 0.815. The predicted octanol–water partition coefficient (Wildman–Crippen LogP) is -0.260. The molecule has 0 bridgehead atoms. The number of aromatic amines is 1. The SMILES string of the molecule is CN1C(=S)c2[nH]c(SCCN3CCNCC3)nc2N(C)C1O. The lowest BCUT2D eigenvalue weighted by atomic mass is 10.3. The summed E-state index contributed by atoms with van der Waals surface area (Å²) in [5.74, 6) is 1.71. The van der Waals surface area contributed by atoms with Gasteiger partial charge in [0.2, 0.25) is 6.35 Å². The number of hydrogen-bond donors (Lipinski definition) is 3. The topological polar surface area (TPSA) is 70.7 Å². The molecule has 3 heterocycles. The fraction of sp³-hybridized carbons (Fsp3) is 0.692. The van der Waals surface area contributed by atoms with E-state index < -0.39 is 6.35 Å². The first-order valence-electron chi connectivity index (χ1n) is 7.42. The van der Waals surface area contributed by atoms with Crippen molar-refractivity contribution in [3.05, 3.63) is 5.69 Å². The molecular weight excluding hydrogens is 320 g/mol. The number of aliphatic hydroxyl groups is 1. The van der Waals surface area contributed by atoms with Gasteiger partial charge in [0.15, 0.2) is 11.0 Å². The molecule has 3 rings (SSSR count). The third-order valence-corrected chi connectivity index (χ3v) is 5.43. The maximum Gasteiger partial charge on any atom is 0.209 e. The summed E-state index contributed by atoms with van der Waals surface area (Å²) in [6.07, 6.45) is -0.762. The van der Waals surface area contributed by atoms with E-state index in [0.717, 1.165) is 55.1 Å². The van der Waals surface area contributed by atoms with Crippen LogP contribution in [0.1, 0.15) is 5.69 Å². The second-order valence-corrected chi connectivity index (χ2v) is 7.02. The van der Waals surface area contributed by atoms with Gasteiger partial charge in [-0.3, -0.25) is 4.90 Å². The molecule has 0 radical (unpaired) electrons. The van der Waals surface area contributed by atoms with E-state index in [2.05, 4.69) is 20.2 Å². The Morgan fingerprint density at radius 1 is 1.32 bits per heavy atom. The van der Waals surface area contributed by atoms with Crippen LogP contribution in [0.15, 0.2) is 5.16 Å². The minimum absolute atomic E-state index is 0.599. The summed E-state index contributed by atoms with van der Waals surface area (Å²) < 4.78 is 0. The van der Waals surface area contributed by atoms with Crippen molar-refractivity contribution < 1.29 is 5.11 Å². The molecule has 122 valence electrons. The molecule has 2 aliphatic rings. The molecule has 22 heavy (non-hydrogen) atoms. The largest absolute Gasteiger partial charge is 0.356 e. The van der Waals surface area contributed by atoms with Crippen molar-refractivity contribution in [3.8, 4) is 0 Å². The second kappa shape index (κ2) is 6.71. The van der Waals surface area contributed by atoms with E-state index in [-0.39, 0.29) is 0 Å². The van der Waals surface area contributed by atoms with Gasteiger partial charge in [0, 0.05) is 52.6 Å². The lowest BCUT2D eigenvalue weighted by Crippen LogP contribution is -2.51. The van der Waals surface area contributed by atoms with E-state index in [4.69, 9.17) is 12.2 Å². The Labute approximate surface area is 140 Å². The molecule has 1 aromatic heterocycles. The van der Waals surface area contributed by atoms with Gasteiger partial charge in [-0.2, -0.15) is 0 Å². The Bertz CT molecular complexity index is 545. The van der Waals surface area contributed by atoms with Crippen molar-refractivity contribution in [2.24, 2.45) is 0 Å². The third-order valence-electron chi connectivity index (χ3n) is 4.08. The predicted molar refractivity (Wildman–Crippen MR) is 92.5 cm³/mol. The first-order chi connectivity index (χ1) is 10.6. The third kappa shape index (κ3) is 3.09. The maximum absolute atomic E-state index is 10.1. The number of thioether (sulfide) groups is 1. The van der Waals surface area contributed by atoms with Crippen molar-refractivity contribution in [2.75, 3.05) is 57.5 Å². The van der Waals surface area contributed by atoms with Gasteiger partial charge in [0.25, 0.3) is 0 Å². The second-order valence-electron chi connectivity index (χ2n) is 5.55. The van der Waals surface area contributed by atoms with E-state index in [0.29, 0.717) is 4.99 Å². The number of H-pyrrole nitrogens is 1. The monoisotopic (exact) mass is 342 g/mol. The number of anilines is 1. The average Bonchev–Trinajstić information content (AvgIpc) is 2.96. The minimum atomic E-state index is -0.762. The van der Waals surface area contributed by atoms with E-state index in [1.54, 1.807) is 28.6 Å². The highest BCUT2D eigenvalue weighted by Gasteiger charge is 2.32. The van der Waals surface area contributed by atoms with Crippen LogP contribution in [0.5, 0.6) is 0 Å². The van der Waals surface area contributed by atoms with Gasteiger partial charge < -0.3 is 25.2 Å². The van der Waals surface area contributed by atoms with Crippen molar-refractivity contribution in [1.82, 2.24) is 25.1 Å². The molecule has 1 saturated heterocycles. The number of nitrogens with one attached hydrogen (secondary N) is 2. The standard InChI is InChI=1S/C13H22N6OS2/c1-17-10-9(11(21)18(2)13(17)20)15-12(16-10)22-8-7-19-5-3-14-4-6-19/h13-14,20H,3-8H2,1-2H3,(H,15,16). The number of nitrogens with zero attached hydrogens (tertiary/aromatic N) is 4. The zero-order valence-corrected chi connectivity index (χ0v) is 14.5. The lowest BCUT2D eigenvalue weighted by Gasteiger charge is -2.37. The van der Waals surface area contributed by atoms with Crippen LogP contribution in [0.2, 0.25) is 0 Å². The fourth-order valence-electron chi connectivity index (χ4n) is 2.67. The number of piperazine rings is 1. The summed E-state index contributed by atoms with van der Waals surface area (Å²) in [4.78, 5) is 14.3. The highest BCUT2D eigenvalue weighted by molar-refractivity contribution is 7.99. The van der Waals surface area contributed by atoms with Gasteiger partial charge in [0.05, 0.1) is 0 Å². The molecular formula is C13H22N6OS2. The summed E-state index contributed by atoms with van der Waals surface area (Å²) in [6, 6.07) is 0. The van der Waals surface area contributed by atoms with Crippen LogP contribution in [0.3, 0.4) is 0 Å². The minimum Gasteiger partial charge on any atom is -0.356 e. The van der Waals surface area contributed by atoms with Gasteiger partial charge in [-0.25, -0.2) is 4.98 Å². The highest BCUT2D eigenvalue weighted by atomic mass is 32.2. The summed E-state index contributed by atoms with van der Waals surface area (Å²) in [6.45, 7) is 5.42. The first-order valence-corrected chi connectivity index (χ1v) is 8.81.